The van der Waals surface area contributed by atoms with Crippen LogP contribution in [-0.4, -0.2) is 28.8 Å². The Morgan fingerprint density at radius 3 is 2.39 bits per heavy atom. The van der Waals surface area contributed by atoms with Gasteiger partial charge in [-0.2, -0.15) is 0 Å². The summed E-state index contributed by atoms with van der Waals surface area (Å²) in [7, 11) is 0. The second kappa shape index (κ2) is 10.5. The third-order valence-electron chi connectivity index (χ3n) is 5.69. The Hall–Kier alpha value is -4.36. The maximum atomic E-state index is 12.3. The van der Waals surface area contributed by atoms with Gasteiger partial charge in [0.2, 0.25) is 5.88 Å². The summed E-state index contributed by atoms with van der Waals surface area (Å²) in [6.45, 7) is 0.363. The number of para-hydroxylation sites is 2. The average molecular weight is 500 g/mol. The number of ether oxygens (including phenoxy) is 2. The summed E-state index contributed by atoms with van der Waals surface area (Å²) in [4.78, 5) is 12.3. The van der Waals surface area contributed by atoms with E-state index in [0.29, 0.717) is 29.3 Å². The van der Waals surface area contributed by atoms with Crippen LogP contribution in [-0.2, 0) is 11.3 Å². The third-order valence-corrected chi connectivity index (χ3v) is 6.00. The molecule has 1 amide bonds. The summed E-state index contributed by atoms with van der Waals surface area (Å²) in [5.41, 5.74) is 0.965. The monoisotopic (exact) mass is 499 g/mol. The molecule has 5 aromatic rings. The lowest BCUT2D eigenvalue weighted by Crippen LogP contribution is -2.08. The van der Waals surface area contributed by atoms with Crippen molar-refractivity contribution in [2.45, 2.75) is 6.54 Å². The van der Waals surface area contributed by atoms with Gasteiger partial charge in [0.1, 0.15) is 18.1 Å². The fourth-order valence-corrected chi connectivity index (χ4v) is 4.19. The zero-order chi connectivity index (χ0) is 24.9. The van der Waals surface area contributed by atoms with Crippen molar-refractivity contribution in [3.05, 3.63) is 96.0 Å². The van der Waals surface area contributed by atoms with Crippen molar-refractivity contribution in [1.29, 1.82) is 0 Å². The lowest BCUT2D eigenvalue weighted by Gasteiger charge is -2.11. The van der Waals surface area contributed by atoms with Crippen LogP contribution in [0.3, 0.4) is 0 Å². The van der Waals surface area contributed by atoms with Crippen molar-refractivity contribution in [3.8, 4) is 17.4 Å². The first kappa shape index (κ1) is 23.4. The minimum Gasteiger partial charge on any atom is -0.493 e. The number of rotatable bonds is 8. The number of aromatic nitrogens is 1. The first-order valence-corrected chi connectivity index (χ1v) is 11.7. The molecule has 36 heavy (non-hydrogen) atoms. The molecule has 0 spiro atoms. The van der Waals surface area contributed by atoms with Crippen molar-refractivity contribution in [2.24, 2.45) is 10.2 Å². The second-order valence-electron chi connectivity index (χ2n) is 7.98. The predicted octanol–water partition coefficient (Wildman–Crippen LogP) is 6.92. The molecule has 180 valence electrons. The fourth-order valence-electron chi connectivity index (χ4n) is 4.00. The van der Waals surface area contributed by atoms with Crippen LogP contribution in [0.15, 0.2) is 101 Å². The molecule has 5 rings (SSSR count). The quantitative estimate of drug-likeness (QED) is 0.235. The summed E-state index contributed by atoms with van der Waals surface area (Å²) < 4.78 is 13.2. The molecule has 7 nitrogen and oxygen atoms in total. The fraction of sp³-hybridized carbons (Fsp3) is 0.107. The number of nitrogens with zero attached hydrogens (tertiary/aromatic N) is 3. The van der Waals surface area contributed by atoms with E-state index in [4.69, 9.17) is 21.1 Å². The highest BCUT2D eigenvalue weighted by molar-refractivity contribution is 6.32. The molecule has 0 aliphatic heterocycles. The summed E-state index contributed by atoms with van der Waals surface area (Å²) in [5, 5.41) is 21.9. The Balaban J connectivity index is 1.32. The number of hydrogen-bond donors (Lipinski definition) is 1. The van der Waals surface area contributed by atoms with Crippen LogP contribution in [0.2, 0.25) is 5.02 Å². The van der Waals surface area contributed by atoms with E-state index >= 15 is 0 Å². The van der Waals surface area contributed by atoms with Gasteiger partial charge in [-0.05, 0) is 29.7 Å². The third kappa shape index (κ3) is 4.87. The maximum absolute atomic E-state index is 12.3. The maximum Gasteiger partial charge on any atom is 0.302 e. The van der Waals surface area contributed by atoms with E-state index in [1.165, 1.54) is 0 Å². The van der Waals surface area contributed by atoms with Gasteiger partial charge in [0.05, 0.1) is 17.1 Å². The molecule has 4 aromatic carbocycles. The molecule has 0 saturated carbocycles. The largest absolute Gasteiger partial charge is 0.493 e. The molecule has 0 unspecified atom stereocenters. The minimum absolute atomic E-state index is 0.0960. The van der Waals surface area contributed by atoms with Crippen LogP contribution in [0.25, 0.3) is 21.7 Å². The molecule has 0 aliphatic rings. The molecule has 0 aliphatic carbocycles. The molecule has 0 radical (unpaired) electrons. The van der Waals surface area contributed by atoms with Crippen molar-refractivity contribution >= 4 is 44.9 Å². The van der Waals surface area contributed by atoms with Crippen LogP contribution in [0, 0.1) is 0 Å². The van der Waals surface area contributed by atoms with E-state index in [9.17, 15) is 9.90 Å². The summed E-state index contributed by atoms with van der Waals surface area (Å²) >= 11 is 6.04. The van der Waals surface area contributed by atoms with E-state index in [0.717, 1.165) is 22.0 Å². The molecule has 8 heteroatoms. The van der Waals surface area contributed by atoms with Gasteiger partial charge in [-0.15, -0.1) is 10.2 Å². The number of fused-ring (bicyclic) bond motifs is 2. The van der Waals surface area contributed by atoms with Crippen LogP contribution >= 0.6 is 11.6 Å². The molecular formula is C28H22ClN3O4. The van der Waals surface area contributed by atoms with Crippen LogP contribution in [0.4, 0.5) is 5.69 Å². The lowest BCUT2D eigenvalue weighted by atomic mass is 10.1. The Morgan fingerprint density at radius 2 is 1.53 bits per heavy atom. The first-order valence-electron chi connectivity index (χ1n) is 11.3. The van der Waals surface area contributed by atoms with Gasteiger partial charge in [-0.3, -0.25) is 4.79 Å². The highest BCUT2D eigenvalue weighted by Crippen LogP contribution is 2.39. The molecule has 1 aromatic heterocycles. The number of benzene rings is 4. The van der Waals surface area contributed by atoms with Gasteiger partial charge in [0, 0.05) is 10.8 Å². The molecular weight excluding hydrogens is 478 g/mol. The number of carbonyl (C=O) groups excluding carboxylic acids is 1. The standard InChI is InChI=1S/C28H22ClN3O4/c29-22-12-4-6-14-25(22)36-18-26(33)30-31-27-21-11-3-5-13-23(21)32(28(27)34)16-17-35-24-15-7-9-19-8-1-2-10-20(19)24/h1-15,34H,16-18H2. The zero-order valence-corrected chi connectivity index (χ0v) is 19.9. The second-order valence-corrected chi connectivity index (χ2v) is 8.39. The number of azo groups is 1. The molecule has 0 bridgehead atoms. The Labute approximate surface area is 212 Å². The van der Waals surface area contributed by atoms with Gasteiger partial charge in [0.15, 0.2) is 12.3 Å². The molecule has 0 saturated heterocycles. The van der Waals surface area contributed by atoms with E-state index in [2.05, 4.69) is 10.2 Å². The summed E-state index contributed by atoms with van der Waals surface area (Å²) in [5.74, 6) is 0.452. The predicted molar refractivity (Wildman–Crippen MR) is 140 cm³/mol. The first-order chi connectivity index (χ1) is 17.6. The SMILES string of the molecule is O=C(COc1ccccc1Cl)N=Nc1c(O)n(CCOc2cccc3ccccc23)c2ccccc12. The van der Waals surface area contributed by atoms with E-state index in [-0.39, 0.29) is 18.2 Å². The van der Waals surface area contributed by atoms with E-state index < -0.39 is 5.91 Å². The molecule has 0 fully saturated rings. The minimum atomic E-state index is -0.606. The molecule has 0 atom stereocenters. The van der Waals surface area contributed by atoms with Crippen LogP contribution in [0.5, 0.6) is 17.4 Å². The number of halogens is 1. The molecule has 1 heterocycles. The van der Waals surface area contributed by atoms with Crippen LogP contribution in [0.1, 0.15) is 0 Å². The highest BCUT2D eigenvalue weighted by Gasteiger charge is 2.17. The smallest absolute Gasteiger partial charge is 0.302 e. The lowest BCUT2D eigenvalue weighted by molar-refractivity contribution is -0.120. The van der Waals surface area contributed by atoms with Gasteiger partial charge in [-0.1, -0.05) is 78.3 Å². The summed E-state index contributed by atoms with van der Waals surface area (Å²) in [6, 6.07) is 28.1. The normalized spacial score (nSPS) is 11.4. The van der Waals surface area contributed by atoms with Gasteiger partial charge >= 0.3 is 5.91 Å². The Morgan fingerprint density at radius 1 is 0.833 bits per heavy atom. The highest BCUT2D eigenvalue weighted by atomic mass is 35.5. The van der Waals surface area contributed by atoms with Crippen LogP contribution < -0.4 is 9.47 Å². The average Bonchev–Trinajstić information content (AvgIpc) is 3.17. The Bertz CT molecular complexity index is 1570. The van der Waals surface area contributed by atoms with Crippen molar-refractivity contribution in [1.82, 2.24) is 4.57 Å². The Kier molecular flexibility index (Phi) is 6.82. The topological polar surface area (TPSA) is 85.4 Å². The number of hydrogen-bond acceptors (Lipinski definition) is 5. The van der Waals surface area contributed by atoms with Crippen molar-refractivity contribution in [2.75, 3.05) is 13.2 Å². The summed E-state index contributed by atoms with van der Waals surface area (Å²) in [6.07, 6.45) is 0. The van der Waals surface area contributed by atoms with Gasteiger partial charge in [0.25, 0.3) is 0 Å². The zero-order valence-electron chi connectivity index (χ0n) is 19.2. The molecule has 1 N–H and O–H groups in total. The number of aromatic hydroxyl groups is 1. The number of amides is 1. The van der Waals surface area contributed by atoms with Gasteiger partial charge < -0.3 is 19.1 Å². The van der Waals surface area contributed by atoms with E-state index in [1.807, 2.05) is 66.7 Å². The van der Waals surface area contributed by atoms with Gasteiger partial charge in [-0.25, -0.2) is 0 Å². The van der Waals surface area contributed by atoms with Crippen molar-refractivity contribution in [3.63, 3.8) is 0 Å². The van der Waals surface area contributed by atoms with E-state index in [1.54, 1.807) is 28.8 Å². The number of carbonyl (C=O) groups is 1. The van der Waals surface area contributed by atoms with Crippen molar-refractivity contribution < 1.29 is 19.4 Å².